The minimum absolute atomic E-state index is 0.0790. The van der Waals surface area contributed by atoms with E-state index in [1.54, 1.807) is 4.90 Å². The van der Waals surface area contributed by atoms with E-state index in [0.29, 0.717) is 6.54 Å². The number of rotatable bonds is 1. The van der Waals surface area contributed by atoms with E-state index in [1.165, 1.54) is 0 Å². The van der Waals surface area contributed by atoms with E-state index in [1.807, 2.05) is 48.5 Å². The first-order valence-corrected chi connectivity index (χ1v) is 8.28. The first kappa shape index (κ1) is 17.6. The van der Waals surface area contributed by atoms with Crippen molar-refractivity contribution in [3.63, 3.8) is 0 Å². The molecule has 0 saturated carbocycles. The van der Waals surface area contributed by atoms with Gasteiger partial charge in [0.25, 0.3) is 0 Å². The highest BCUT2D eigenvalue weighted by Gasteiger charge is 2.56. The number of ether oxygens (including phenoxy) is 1. The van der Waals surface area contributed by atoms with Crippen LogP contribution in [0.1, 0.15) is 67.7 Å². The Kier molecular flexibility index (Phi) is 4.57. The Labute approximate surface area is 134 Å². The molecule has 0 unspecified atom stereocenters. The number of nitrogens with zero attached hydrogens (tertiary/aromatic N) is 1. The molecule has 1 amide bonds. The Morgan fingerprint density at radius 3 is 2.18 bits per heavy atom. The quantitative estimate of drug-likeness (QED) is 0.696. The fourth-order valence-electron chi connectivity index (χ4n) is 2.83. The lowest BCUT2D eigenvalue weighted by Crippen LogP contribution is -2.54. The van der Waals surface area contributed by atoms with E-state index >= 15 is 0 Å². The molecule has 0 aliphatic carbocycles. The second-order valence-electron chi connectivity index (χ2n) is 8.36. The van der Waals surface area contributed by atoms with Gasteiger partial charge in [0.05, 0.1) is 17.1 Å². The molecular weight excluding hydrogens is 281 g/mol. The van der Waals surface area contributed by atoms with Crippen LogP contribution in [-0.4, -0.2) is 47.4 Å². The molecule has 2 aliphatic rings. The summed E-state index contributed by atoms with van der Waals surface area (Å²) in [5.41, 5.74) is -1.25. The SMILES string of the molecule is CC(C)(C)OC(=O)N1CCCC[C@H]1B1OC(C)(C)C(C)(C)O1. The van der Waals surface area contributed by atoms with Gasteiger partial charge >= 0.3 is 13.2 Å². The third kappa shape index (κ3) is 3.59. The predicted octanol–water partition coefficient (Wildman–Crippen LogP) is 3.41. The molecule has 0 aromatic carbocycles. The summed E-state index contributed by atoms with van der Waals surface area (Å²) in [5.74, 6) is -0.0790. The first-order chi connectivity index (χ1) is 9.93. The molecule has 2 saturated heterocycles. The number of hydrogen-bond donors (Lipinski definition) is 0. The van der Waals surface area contributed by atoms with Gasteiger partial charge in [0.2, 0.25) is 0 Å². The van der Waals surface area contributed by atoms with Crippen LogP contribution in [0.5, 0.6) is 0 Å². The van der Waals surface area contributed by atoms with E-state index < -0.39 is 12.7 Å². The molecule has 0 N–H and O–H groups in total. The maximum atomic E-state index is 12.5. The third-order valence-electron chi connectivity index (χ3n) is 4.76. The Balaban J connectivity index is 2.13. The van der Waals surface area contributed by atoms with Crippen LogP contribution in [-0.2, 0) is 14.0 Å². The fraction of sp³-hybridized carbons (Fsp3) is 0.938. The van der Waals surface area contributed by atoms with Crippen molar-refractivity contribution >= 4 is 13.2 Å². The average molecular weight is 311 g/mol. The zero-order valence-electron chi connectivity index (χ0n) is 15.1. The van der Waals surface area contributed by atoms with E-state index in [9.17, 15) is 4.79 Å². The second kappa shape index (κ2) is 5.71. The molecule has 22 heavy (non-hydrogen) atoms. The van der Waals surface area contributed by atoms with Gasteiger partial charge < -0.3 is 18.9 Å². The Bertz CT molecular complexity index is 414. The number of likely N-dealkylation sites (tertiary alicyclic amines) is 1. The molecule has 2 aliphatic heterocycles. The lowest BCUT2D eigenvalue weighted by molar-refractivity contribution is 0.00578. The third-order valence-corrected chi connectivity index (χ3v) is 4.76. The number of piperidine rings is 1. The van der Waals surface area contributed by atoms with Crippen LogP contribution in [0.3, 0.4) is 0 Å². The standard InChI is InChI=1S/C16H30BNO4/c1-14(2,3)20-13(19)18-11-9-8-10-12(18)17-21-15(4,5)16(6,7)22-17/h12H,8-11H2,1-7H3/t12-/m0/s1. The minimum Gasteiger partial charge on any atom is -0.444 e. The molecule has 2 heterocycles. The van der Waals surface area contributed by atoms with E-state index in [2.05, 4.69) is 0 Å². The summed E-state index contributed by atoms with van der Waals surface area (Å²) in [6, 6.07) is 0. The monoisotopic (exact) mass is 311 g/mol. The van der Waals surface area contributed by atoms with Gasteiger partial charge in [-0.25, -0.2) is 4.79 Å². The smallest absolute Gasteiger partial charge is 0.444 e. The van der Waals surface area contributed by atoms with Gasteiger partial charge in [-0.15, -0.1) is 0 Å². The maximum absolute atomic E-state index is 12.5. The number of carbonyl (C=O) groups excluding carboxylic acids is 1. The molecule has 0 aromatic heterocycles. The van der Waals surface area contributed by atoms with Crippen LogP contribution >= 0.6 is 0 Å². The lowest BCUT2D eigenvalue weighted by atomic mass is 9.73. The molecular formula is C16H30BNO4. The van der Waals surface area contributed by atoms with E-state index in [0.717, 1.165) is 19.3 Å². The maximum Gasteiger partial charge on any atom is 0.482 e. The van der Waals surface area contributed by atoms with Gasteiger partial charge in [-0.2, -0.15) is 0 Å². The van der Waals surface area contributed by atoms with Crippen LogP contribution in [0.2, 0.25) is 0 Å². The van der Waals surface area contributed by atoms with Crippen LogP contribution in [0, 0.1) is 0 Å². The molecule has 2 rings (SSSR count). The Morgan fingerprint density at radius 1 is 1.14 bits per heavy atom. The highest BCUT2D eigenvalue weighted by atomic mass is 16.7. The van der Waals surface area contributed by atoms with Crippen molar-refractivity contribution in [3.8, 4) is 0 Å². The predicted molar refractivity (Wildman–Crippen MR) is 86.7 cm³/mol. The molecule has 126 valence electrons. The van der Waals surface area contributed by atoms with Crippen LogP contribution in [0.25, 0.3) is 0 Å². The van der Waals surface area contributed by atoms with Gasteiger partial charge in [0, 0.05) is 6.54 Å². The number of amides is 1. The van der Waals surface area contributed by atoms with Crippen molar-refractivity contribution in [2.75, 3.05) is 6.54 Å². The normalized spacial score (nSPS) is 27.9. The summed E-state index contributed by atoms with van der Waals surface area (Å²) in [7, 11) is -0.391. The molecule has 0 radical (unpaired) electrons. The van der Waals surface area contributed by atoms with Crippen molar-refractivity contribution in [2.24, 2.45) is 0 Å². The second-order valence-corrected chi connectivity index (χ2v) is 8.36. The van der Waals surface area contributed by atoms with Gasteiger partial charge in [-0.1, -0.05) is 6.42 Å². The average Bonchev–Trinajstić information content (AvgIpc) is 2.56. The summed E-state index contributed by atoms with van der Waals surface area (Å²) in [5, 5.41) is 0. The first-order valence-electron chi connectivity index (χ1n) is 8.28. The topological polar surface area (TPSA) is 48.0 Å². The molecule has 1 atom stereocenters. The van der Waals surface area contributed by atoms with Crippen LogP contribution in [0.15, 0.2) is 0 Å². The van der Waals surface area contributed by atoms with Crippen molar-refractivity contribution < 1.29 is 18.8 Å². The number of carbonyl (C=O) groups is 1. The highest BCUT2D eigenvalue weighted by Crippen LogP contribution is 2.39. The number of hydrogen-bond acceptors (Lipinski definition) is 4. The molecule has 0 aromatic rings. The lowest BCUT2D eigenvalue weighted by Gasteiger charge is -2.37. The van der Waals surface area contributed by atoms with E-state index in [4.69, 9.17) is 14.0 Å². The summed E-state index contributed by atoms with van der Waals surface area (Å²) < 4.78 is 17.8. The molecule has 6 heteroatoms. The van der Waals surface area contributed by atoms with Crippen LogP contribution < -0.4 is 0 Å². The highest BCUT2D eigenvalue weighted by molar-refractivity contribution is 6.48. The van der Waals surface area contributed by atoms with Gasteiger partial charge in [0.15, 0.2) is 0 Å². The Morgan fingerprint density at radius 2 is 1.68 bits per heavy atom. The fourth-order valence-corrected chi connectivity index (χ4v) is 2.83. The summed E-state index contributed by atoms with van der Waals surface area (Å²) in [6.07, 6.45) is 2.69. The molecule has 5 nitrogen and oxygen atoms in total. The molecule has 0 spiro atoms. The summed E-state index contributed by atoms with van der Waals surface area (Å²) >= 11 is 0. The summed E-state index contributed by atoms with van der Waals surface area (Å²) in [6.45, 7) is 14.5. The van der Waals surface area contributed by atoms with Gasteiger partial charge in [-0.3, -0.25) is 0 Å². The van der Waals surface area contributed by atoms with Crippen molar-refractivity contribution in [1.29, 1.82) is 0 Å². The summed E-state index contributed by atoms with van der Waals surface area (Å²) in [4.78, 5) is 14.3. The van der Waals surface area contributed by atoms with Gasteiger partial charge in [0.1, 0.15) is 5.60 Å². The van der Waals surface area contributed by atoms with E-state index in [-0.39, 0.29) is 23.2 Å². The Hall–Kier alpha value is -0.745. The largest absolute Gasteiger partial charge is 0.482 e. The minimum atomic E-state index is -0.491. The zero-order valence-corrected chi connectivity index (χ0v) is 15.1. The zero-order chi connectivity index (χ0) is 16.8. The molecule has 0 bridgehead atoms. The van der Waals surface area contributed by atoms with Gasteiger partial charge in [-0.05, 0) is 61.3 Å². The van der Waals surface area contributed by atoms with Crippen LogP contribution in [0.4, 0.5) is 4.79 Å². The van der Waals surface area contributed by atoms with Crippen molar-refractivity contribution in [2.45, 2.75) is 90.5 Å². The van der Waals surface area contributed by atoms with Crippen molar-refractivity contribution in [1.82, 2.24) is 4.90 Å². The molecule has 2 fully saturated rings. The van der Waals surface area contributed by atoms with Crippen molar-refractivity contribution in [3.05, 3.63) is 0 Å².